The summed E-state index contributed by atoms with van der Waals surface area (Å²) >= 11 is 0. The molecule has 0 saturated carbocycles. The van der Waals surface area contributed by atoms with Crippen molar-refractivity contribution in [3.05, 3.63) is 218 Å². The van der Waals surface area contributed by atoms with E-state index in [2.05, 4.69) is 190 Å². The van der Waals surface area contributed by atoms with E-state index in [0.717, 1.165) is 40.4 Å². The Hall–Kier alpha value is -8.35. The SMILES string of the molecule is C1=CC(c2nc(-c3ccccc3)nc(-c3ccccc3)n2)CC=C1n1c2ccccc2c2cc3c(cc21)c1ccc2c4ccccc4n(-c4ccccc4)c2c1n3-c1ccccc1. The van der Waals surface area contributed by atoms with Crippen molar-refractivity contribution in [2.75, 3.05) is 0 Å². The molecular weight excluding hydrogens is 769 g/mol. The van der Waals surface area contributed by atoms with E-state index in [4.69, 9.17) is 15.0 Å². The van der Waals surface area contributed by atoms with Crippen LogP contribution in [0.5, 0.6) is 0 Å². The molecular formula is C57H38N6. The first-order valence-electron chi connectivity index (χ1n) is 21.6. The molecule has 1 aliphatic carbocycles. The molecule has 0 saturated heterocycles. The first kappa shape index (κ1) is 35.4. The Bertz CT molecular complexity index is 3740. The summed E-state index contributed by atoms with van der Waals surface area (Å²) < 4.78 is 7.39. The van der Waals surface area contributed by atoms with Crippen molar-refractivity contribution in [2.24, 2.45) is 0 Å². The van der Waals surface area contributed by atoms with Gasteiger partial charge in [0.1, 0.15) is 5.82 Å². The fourth-order valence-corrected chi connectivity index (χ4v) is 9.93. The zero-order chi connectivity index (χ0) is 41.4. The summed E-state index contributed by atoms with van der Waals surface area (Å²) in [7, 11) is 0. The number of hydrogen-bond acceptors (Lipinski definition) is 3. The maximum atomic E-state index is 5.08. The second-order valence-corrected chi connectivity index (χ2v) is 16.4. The highest BCUT2D eigenvalue weighted by Crippen LogP contribution is 2.45. The van der Waals surface area contributed by atoms with E-state index in [-0.39, 0.29) is 5.92 Å². The third-order valence-corrected chi connectivity index (χ3v) is 12.8. The molecule has 6 nitrogen and oxygen atoms in total. The van der Waals surface area contributed by atoms with Gasteiger partial charge in [-0.25, -0.2) is 15.0 Å². The lowest BCUT2D eigenvalue weighted by Crippen LogP contribution is -2.09. The zero-order valence-electron chi connectivity index (χ0n) is 34.2. The van der Waals surface area contributed by atoms with Crippen molar-refractivity contribution >= 4 is 71.1 Å². The Kier molecular flexibility index (Phi) is 7.93. The molecule has 4 heterocycles. The van der Waals surface area contributed by atoms with Gasteiger partial charge in [0.05, 0.1) is 33.1 Å². The molecule has 0 bridgehead atoms. The van der Waals surface area contributed by atoms with Crippen LogP contribution >= 0.6 is 0 Å². The quantitative estimate of drug-likeness (QED) is 0.168. The maximum Gasteiger partial charge on any atom is 0.163 e. The Balaban J connectivity index is 1.02. The number of benzene rings is 8. The minimum Gasteiger partial charge on any atom is -0.310 e. The summed E-state index contributed by atoms with van der Waals surface area (Å²) in [5.41, 5.74) is 12.5. The summed E-state index contributed by atoms with van der Waals surface area (Å²) in [6.07, 6.45) is 7.63. The van der Waals surface area contributed by atoms with Gasteiger partial charge in [0, 0.05) is 66.4 Å². The summed E-state index contributed by atoms with van der Waals surface area (Å²) in [5.74, 6) is 2.13. The van der Waals surface area contributed by atoms with Crippen LogP contribution in [0.2, 0.25) is 0 Å². The van der Waals surface area contributed by atoms with E-state index >= 15 is 0 Å². The summed E-state index contributed by atoms with van der Waals surface area (Å²) in [6.45, 7) is 0. The first-order valence-corrected chi connectivity index (χ1v) is 21.6. The molecule has 13 rings (SSSR count). The molecule has 0 amide bonds. The molecule has 63 heavy (non-hydrogen) atoms. The van der Waals surface area contributed by atoms with Crippen LogP contribution in [-0.4, -0.2) is 28.7 Å². The molecule has 1 atom stereocenters. The minimum absolute atomic E-state index is 0.0101. The van der Waals surface area contributed by atoms with Gasteiger partial charge < -0.3 is 13.7 Å². The van der Waals surface area contributed by atoms with Crippen LogP contribution in [0, 0.1) is 0 Å². The van der Waals surface area contributed by atoms with Crippen LogP contribution in [0.3, 0.4) is 0 Å². The van der Waals surface area contributed by atoms with Crippen LogP contribution in [-0.2, 0) is 0 Å². The molecule has 12 aromatic rings. The fourth-order valence-electron chi connectivity index (χ4n) is 9.93. The van der Waals surface area contributed by atoms with Gasteiger partial charge in [-0.1, -0.05) is 158 Å². The normalized spacial score (nSPS) is 14.2. The average molecular weight is 807 g/mol. The Morgan fingerprint density at radius 2 is 0.825 bits per heavy atom. The zero-order valence-corrected chi connectivity index (χ0v) is 34.2. The number of allylic oxidation sites excluding steroid dienone is 4. The maximum absolute atomic E-state index is 5.08. The van der Waals surface area contributed by atoms with Crippen molar-refractivity contribution in [3.8, 4) is 34.2 Å². The van der Waals surface area contributed by atoms with Crippen molar-refractivity contribution in [1.29, 1.82) is 0 Å². The standard InChI is InChI=1S/C57H38N6/c1-5-17-37(18-6-1)55-58-56(38-19-7-2-8-20-38)60-57(59-55)39-29-31-42(32-30-39)61-49-27-15-14-26-44(49)47-35-52-48(36-51(47)61)46-34-33-45-43-25-13-16-28-50(43)62(40-21-9-3-10-22-40)53(45)54(46)63(52)41-23-11-4-12-24-41/h1-29,31-36,39H,30H2. The topological polar surface area (TPSA) is 53.5 Å². The van der Waals surface area contributed by atoms with Gasteiger partial charge in [-0.15, -0.1) is 0 Å². The molecule has 0 aliphatic heterocycles. The number of rotatable bonds is 6. The summed E-state index contributed by atoms with van der Waals surface area (Å²) in [4.78, 5) is 15.1. The van der Waals surface area contributed by atoms with Crippen molar-refractivity contribution in [2.45, 2.75) is 12.3 Å². The predicted molar refractivity (Wildman–Crippen MR) is 260 cm³/mol. The second-order valence-electron chi connectivity index (χ2n) is 16.4. The molecule has 0 N–H and O–H groups in total. The number of hydrogen-bond donors (Lipinski definition) is 0. The highest BCUT2D eigenvalue weighted by Gasteiger charge is 2.25. The van der Waals surface area contributed by atoms with Crippen molar-refractivity contribution < 1.29 is 0 Å². The minimum atomic E-state index is -0.0101. The number of aromatic nitrogens is 6. The van der Waals surface area contributed by atoms with E-state index in [9.17, 15) is 0 Å². The van der Waals surface area contributed by atoms with Crippen molar-refractivity contribution in [3.63, 3.8) is 0 Å². The van der Waals surface area contributed by atoms with E-state index in [1.165, 1.54) is 65.4 Å². The van der Waals surface area contributed by atoms with Gasteiger partial charge >= 0.3 is 0 Å². The number of nitrogens with zero attached hydrogens (tertiary/aromatic N) is 6. The van der Waals surface area contributed by atoms with E-state index in [1.54, 1.807) is 0 Å². The molecule has 8 aromatic carbocycles. The van der Waals surface area contributed by atoms with E-state index < -0.39 is 0 Å². The molecule has 0 fully saturated rings. The van der Waals surface area contributed by atoms with Gasteiger partial charge in [-0.05, 0) is 61.0 Å². The molecule has 6 heteroatoms. The van der Waals surface area contributed by atoms with E-state index in [0.29, 0.717) is 11.6 Å². The van der Waals surface area contributed by atoms with Crippen LogP contribution in [0.15, 0.2) is 212 Å². The van der Waals surface area contributed by atoms with Gasteiger partial charge in [0.15, 0.2) is 11.6 Å². The Labute approximate surface area is 363 Å². The number of para-hydroxylation sites is 4. The van der Waals surface area contributed by atoms with Crippen LogP contribution < -0.4 is 0 Å². The van der Waals surface area contributed by atoms with Gasteiger partial charge in [0.25, 0.3) is 0 Å². The molecule has 1 unspecified atom stereocenters. The summed E-state index contributed by atoms with van der Waals surface area (Å²) in [6, 6.07) is 69.1. The highest BCUT2D eigenvalue weighted by atomic mass is 15.1. The third kappa shape index (κ3) is 5.55. The lowest BCUT2D eigenvalue weighted by molar-refractivity contribution is 0.763. The third-order valence-electron chi connectivity index (χ3n) is 12.8. The second kappa shape index (κ2) is 14.1. The lowest BCUT2D eigenvalue weighted by Gasteiger charge is -2.18. The lowest BCUT2D eigenvalue weighted by atomic mass is 9.98. The smallest absolute Gasteiger partial charge is 0.163 e. The van der Waals surface area contributed by atoms with Crippen LogP contribution in [0.4, 0.5) is 0 Å². The molecule has 1 aliphatic rings. The Morgan fingerprint density at radius 1 is 0.381 bits per heavy atom. The fraction of sp³-hybridized carbons (Fsp3) is 0.0351. The van der Waals surface area contributed by atoms with E-state index in [1.807, 2.05) is 36.4 Å². The van der Waals surface area contributed by atoms with Gasteiger partial charge in [-0.2, -0.15) is 0 Å². The van der Waals surface area contributed by atoms with Crippen LogP contribution in [0.25, 0.3) is 105 Å². The predicted octanol–water partition coefficient (Wildman–Crippen LogP) is 14.1. The molecule has 296 valence electrons. The van der Waals surface area contributed by atoms with Gasteiger partial charge in [0.2, 0.25) is 0 Å². The van der Waals surface area contributed by atoms with Crippen LogP contribution in [0.1, 0.15) is 18.2 Å². The summed E-state index contributed by atoms with van der Waals surface area (Å²) in [5, 5.41) is 7.33. The number of fused-ring (bicyclic) bond motifs is 10. The Morgan fingerprint density at radius 3 is 1.38 bits per heavy atom. The molecule has 0 radical (unpaired) electrons. The molecule has 4 aromatic heterocycles. The monoisotopic (exact) mass is 806 g/mol. The molecule has 0 spiro atoms. The van der Waals surface area contributed by atoms with Gasteiger partial charge in [-0.3, -0.25) is 0 Å². The van der Waals surface area contributed by atoms with Crippen molar-refractivity contribution in [1.82, 2.24) is 28.7 Å². The largest absolute Gasteiger partial charge is 0.310 e. The first-order chi connectivity index (χ1) is 31.3. The average Bonchev–Trinajstić information content (AvgIpc) is 3.99. The highest BCUT2D eigenvalue weighted by molar-refractivity contribution is 6.26.